The second kappa shape index (κ2) is 5.96. The van der Waals surface area contributed by atoms with Gasteiger partial charge in [0, 0.05) is 25.7 Å². The number of nitrogens with zero attached hydrogens (tertiary/aromatic N) is 1. The molecule has 4 nitrogen and oxygen atoms in total. The van der Waals surface area contributed by atoms with Crippen LogP contribution in [0.1, 0.15) is 40.0 Å². The molecule has 1 aliphatic rings. The highest BCUT2D eigenvalue weighted by atomic mass is 16.5. The van der Waals surface area contributed by atoms with Crippen LogP contribution in [0.5, 0.6) is 0 Å². The molecule has 1 heterocycles. The number of nitrogens with two attached hydrogens (primary N) is 1. The Balaban J connectivity index is 2.61. The Hall–Kier alpha value is -0.160. The first-order valence-electron chi connectivity index (χ1n) is 6.27. The summed E-state index contributed by atoms with van der Waals surface area (Å²) in [5.41, 5.74) is 9.24. The summed E-state index contributed by atoms with van der Waals surface area (Å²) in [6, 6.07) is 1.15. The maximum absolute atomic E-state index is 5.83. The SMILES string of the molecule is COCC(C)(CN)NN1C(C)CCCC1C. The third-order valence-corrected chi connectivity index (χ3v) is 3.51. The van der Waals surface area contributed by atoms with Crippen LogP contribution in [0.15, 0.2) is 0 Å². The molecule has 0 spiro atoms. The van der Waals surface area contributed by atoms with E-state index in [1.165, 1.54) is 19.3 Å². The van der Waals surface area contributed by atoms with Crippen molar-refractivity contribution in [2.75, 3.05) is 20.3 Å². The fourth-order valence-corrected chi connectivity index (χ4v) is 2.41. The molecule has 3 atom stereocenters. The smallest absolute Gasteiger partial charge is 0.0667 e. The minimum absolute atomic E-state index is 0.158. The van der Waals surface area contributed by atoms with Crippen molar-refractivity contribution in [3.8, 4) is 0 Å². The third kappa shape index (κ3) is 3.42. The zero-order valence-electron chi connectivity index (χ0n) is 11.1. The van der Waals surface area contributed by atoms with Crippen LogP contribution >= 0.6 is 0 Å². The Morgan fingerprint density at radius 1 is 1.38 bits per heavy atom. The van der Waals surface area contributed by atoms with E-state index in [2.05, 4.69) is 31.2 Å². The lowest BCUT2D eigenvalue weighted by molar-refractivity contribution is -0.0166. The Kier molecular flexibility index (Phi) is 5.18. The number of hydrazine groups is 1. The molecule has 0 aromatic heterocycles. The molecule has 1 aliphatic heterocycles. The molecule has 0 amide bonds. The molecule has 0 bridgehead atoms. The van der Waals surface area contributed by atoms with Gasteiger partial charge in [0.2, 0.25) is 0 Å². The van der Waals surface area contributed by atoms with Crippen LogP contribution in [0.2, 0.25) is 0 Å². The van der Waals surface area contributed by atoms with Crippen molar-refractivity contribution in [1.82, 2.24) is 10.4 Å². The number of piperidine rings is 1. The molecule has 0 aromatic carbocycles. The van der Waals surface area contributed by atoms with Gasteiger partial charge >= 0.3 is 0 Å². The number of methoxy groups -OCH3 is 1. The summed E-state index contributed by atoms with van der Waals surface area (Å²) in [5, 5.41) is 2.36. The first-order valence-corrected chi connectivity index (χ1v) is 6.27. The summed E-state index contributed by atoms with van der Waals surface area (Å²) in [7, 11) is 1.72. The first-order chi connectivity index (χ1) is 7.52. The molecule has 1 fully saturated rings. The van der Waals surface area contributed by atoms with Crippen molar-refractivity contribution in [2.24, 2.45) is 5.73 Å². The van der Waals surface area contributed by atoms with E-state index in [4.69, 9.17) is 10.5 Å². The zero-order chi connectivity index (χ0) is 12.2. The van der Waals surface area contributed by atoms with Gasteiger partial charge in [-0.1, -0.05) is 6.42 Å². The highest BCUT2D eigenvalue weighted by Gasteiger charge is 2.31. The van der Waals surface area contributed by atoms with Crippen LogP contribution in [0, 0.1) is 0 Å². The van der Waals surface area contributed by atoms with E-state index in [9.17, 15) is 0 Å². The lowest BCUT2D eigenvalue weighted by atomic mass is 9.98. The molecule has 0 saturated carbocycles. The standard InChI is InChI=1S/C12H27N3O/c1-10-6-5-7-11(2)15(10)14-12(3,8-13)9-16-4/h10-11,14H,5-9,13H2,1-4H3. The van der Waals surface area contributed by atoms with E-state index in [-0.39, 0.29) is 5.54 Å². The molecule has 0 aromatic rings. The molecule has 1 rings (SSSR count). The van der Waals surface area contributed by atoms with Crippen molar-refractivity contribution in [3.63, 3.8) is 0 Å². The van der Waals surface area contributed by atoms with Gasteiger partial charge in [0.15, 0.2) is 0 Å². The van der Waals surface area contributed by atoms with Crippen molar-refractivity contribution < 1.29 is 4.74 Å². The van der Waals surface area contributed by atoms with Gasteiger partial charge in [-0.25, -0.2) is 10.4 Å². The molecule has 96 valence electrons. The largest absolute Gasteiger partial charge is 0.383 e. The van der Waals surface area contributed by atoms with Gasteiger partial charge in [0.25, 0.3) is 0 Å². The quantitative estimate of drug-likeness (QED) is 0.742. The Labute approximate surface area is 99.5 Å². The van der Waals surface area contributed by atoms with Crippen molar-refractivity contribution in [2.45, 2.75) is 57.7 Å². The molecule has 1 saturated heterocycles. The van der Waals surface area contributed by atoms with E-state index < -0.39 is 0 Å². The highest BCUT2D eigenvalue weighted by molar-refractivity contribution is 4.87. The van der Waals surface area contributed by atoms with E-state index in [1.54, 1.807) is 7.11 Å². The van der Waals surface area contributed by atoms with Gasteiger partial charge in [-0.2, -0.15) is 0 Å². The second-order valence-electron chi connectivity index (χ2n) is 5.35. The predicted molar refractivity (Wildman–Crippen MR) is 67.1 cm³/mol. The maximum atomic E-state index is 5.83. The normalized spacial score (nSPS) is 31.3. The van der Waals surface area contributed by atoms with Crippen LogP contribution in [0.3, 0.4) is 0 Å². The van der Waals surface area contributed by atoms with Crippen molar-refractivity contribution >= 4 is 0 Å². The Morgan fingerprint density at radius 3 is 2.38 bits per heavy atom. The average molecular weight is 229 g/mol. The van der Waals surface area contributed by atoms with Crippen LogP contribution in [0.4, 0.5) is 0 Å². The summed E-state index contributed by atoms with van der Waals surface area (Å²) in [6.07, 6.45) is 3.83. The van der Waals surface area contributed by atoms with Gasteiger partial charge in [-0.05, 0) is 33.6 Å². The Bertz CT molecular complexity index is 202. The molecule has 0 radical (unpaired) electrons. The summed E-state index contributed by atoms with van der Waals surface area (Å²) in [6.45, 7) is 7.87. The van der Waals surface area contributed by atoms with Crippen molar-refractivity contribution in [1.29, 1.82) is 0 Å². The van der Waals surface area contributed by atoms with Gasteiger partial charge in [-0.3, -0.25) is 0 Å². The minimum Gasteiger partial charge on any atom is -0.383 e. The molecule has 16 heavy (non-hydrogen) atoms. The lowest BCUT2D eigenvalue weighted by Gasteiger charge is -2.44. The molecular formula is C12H27N3O. The lowest BCUT2D eigenvalue weighted by Crippen LogP contribution is -2.64. The maximum Gasteiger partial charge on any atom is 0.0667 e. The number of nitrogens with one attached hydrogen (secondary N) is 1. The number of hydrogen-bond acceptors (Lipinski definition) is 4. The second-order valence-corrected chi connectivity index (χ2v) is 5.35. The summed E-state index contributed by atoms with van der Waals surface area (Å²) < 4.78 is 5.24. The van der Waals surface area contributed by atoms with Crippen LogP contribution < -0.4 is 11.2 Å². The topological polar surface area (TPSA) is 50.5 Å². The van der Waals surface area contributed by atoms with E-state index in [0.29, 0.717) is 25.2 Å². The van der Waals surface area contributed by atoms with Gasteiger partial charge in [-0.15, -0.1) is 0 Å². The van der Waals surface area contributed by atoms with E-state index in [1.807, 2.05) is 0 Å². The van der Waals surface area contributed by atoms with Crippen LogP contribution in [0.25, 0.3) is 0 Å². The summed E-state index contributed by atoms with van der Waals surface area (Å²) >= 11 is 0. The summed E-state index contributed by atoms with van der Waals surface area (Å²) in [5.74, 6) is 0. The zero-order valence-corrected chi connectivity index (χ0v) is 11.1. The number of ether oxygens (including phenoxy) is 1. The Morgan fingerprint density at radius 2 is 1.94 bits per heavy atom. The van der Waals surface area contributed by atoms with Crippen LogP contribution in [-0.4, -0.2) is 42.9 Å². The van der Waals surface area contributed by atoms with E-state index >= 15 is 0 Å². The first kappa shape index (κ1) is 13.9. The molecule has 3 unspecified atom stereocenters. The minimum atomic E-state index is -0.158. The summed E-state index contributed by atoms with van der Waals surface area (Å²) in [4.78, 5) is 0. The highest BCUT2D eigenvalue weighted by Crippen LogP contribution is 2.22. The van der Waals surface area contributed by atoms with Gasteiger partial charge < -0.3 is 10.5 Å². The monoisotopic (exact) mass is 229 g/mol. The van der Waals surface area contributed by atoms with Gasteiger partial charge in [0.05, 0.1) is 12.1 Å². The van der Waals surface area contributed by atoms with Crippen molar-refractivity contribution in [3.05, 3.63) is 0 Å². The fraction of sp³-hybridized carbons (Fsp3) is 1.00. The van der Waals surface area contributed by atoms with Crippen LogP contribution in [-0.2, 0) is 4.74 Å². The number of rotatable bonds is 5. The number of hydrogen-bond donors (Lipinski definition) is 2. The van der Waals surface area contributed by atoms with Gasteiger partial charge in [0.1, 0.15) is 0 Å². The predicted octanol–water partition coefficient (Wildman–Crippen LogP) is 1.12. The average Bonchev–Trinajstić information content (AvgIpc) is 2.24. The van der Waals surface area contributed by atoms with E-state index in [0.717, 1.165) is 0 Å². The molecular weight excluding hydrogens is 202 g/mol. The molecule has 3 N–H and O–H groups in total. The molecule has 4 heteroatoms. The molecule has 0 aliphatic carbocycles. The third-order valence-electron chi connectivity index (χ3n) is 3.51. The fourth-order valence-electron chi connectivity index (χ4n) is 2.41.